The quantitative estimate of drug-likeness (QED) is 0.804. The number of ether oxygens (including phenoxy) is 1. The summed E-state index contributed by atoms with van der Waals surface area (Å²) in [4.78, 5) is 24.9. The Morgan fingerprint density at radius 3 is 2.52 bits per heavy atom. The van der Waals surface area contributed by atoms with Crippen molar-refractivity contribution in [2.24, 2.45) is 0 Å². The molecule has 0 fully saturated rings. The molecule has 5 heteroatoms. The fourth-order valence-corrected chi connectivity index (χ4v) is 2.28. The van der Waals surface area contributed by atoms with Crippen LogP contribution in [0.3, 0.4) is 0 Å². The molecule has 0 spiro atoms. The van der Waals surface area contributed by atoms with E-state index < -0.39 is 0 Å². The van der Waals surface area contributed by atoms with Crippen molar-refractivity contribution >= 4 is 17.5 Å². The van der Waals surface area contributed by atoms with Gasteiger partial charge in [0.2, 0.25) is 0 Å². The molecule has 2 rings (SSSR count). The number of hydrogen-bond donors (Lipinski definition) is 2. The van der Waals surface area contributed by atoms with Crippen LogP contribution in [0.1, 0.15) is 47.9 Å². The Kier molecular flexibility index (Phi) is 6.57. The highest BCUT2D eigenvalue weighted by Crippen LogP contribution is 2.18. The molecule has 2 aromatic rings. The maximum Gasteiger partial charge on any atom is 0.255 e. The van der Waals surface area contributed by atoms with Gasteiger partial charge in [-0.15, -0.1) is 0 Å². The number of carbonyl (C=O) groups is 2. The summed E-state index contributed by atoms with van der Waals surface area (Å²) in [5, 5.41) is 5.73. The van der Waals surface area contributed by atoms with E-state index >= 15 is 0 Å². The smallest absolute Gasteiger partial charge is 0.255 e. The van der Waals surface area contributed by atoms with Crippen LogP contribution in [0.5, 0.6) is 5.75 Å². The predicted molar refractivity (Wildman–Crippen MR) is 99.2 cm³/mol. The van der Waals surface area contributed by atoms with E-state index in [0.717, 1.165) is 6.42 Å². The summed E-state index contributed by atoms with van der Waals surface area (Å²) in [6.45, 7) is 6.37. The zero-order valence-electron chi connectivity index (χ0n) is 14.8. The van der Waals surface area contributed by atoms with E-state index in [1.54, 1.807) is 48.5 Å². The van der Waals surface area contributed by atoms with Gasteiger partial charge in [0.05, 0.1) is 17.9 Å². The molecule has 0 heterocycles. The number of benzene rings is 2. The highest BCUT2D eigenvalue weighted by atomic mass is 16.5. The van der Waals surface area contributed by atoms with Crippen molar-refractivity contribution in [3.05, 3.63) is 59.7 Å². The zero-order valence-corrected chi connectivity index (χ0v) is 14.8. The van der Waals surface area contributed by atoms with Crippen LogP contribution in [0.4, 0.5) is 5.69 Å². The van der Waals surface area contributed by atoms with E-state index in [9.17, 15) is 9.59 Å². The summed E-state index contributed by atoms with van der Waals surface area (Å²) in [6.07, 6.45) is 0.838. The van der Waals surface area contributed by atoms with Gasteiger partial charge in [0.1, 0.15) is 5.75 Å². The molecule has 132 valence electrons. The molecule has 0 bridgehead atoms. The second-order valence-corrected chi connectivity index (χ2v) is 5.74. The van der Waals surface area contributed by atoms with Gasteiger partial charge in [-0.3, -0.25) is 9.59 Å². The maximum absolute atomic E-state index is 12.5. The summed E-state index contributed by atoms with van der Waals surface area (Å²) < 4.78 is 5.42. The molecular formula is C20H24N2O3. The molecule has 1 unspecified atom stereocenters. The first-order chi connectivity index (χ1) is 12.0. The van der Waals surface area contributed by atoms with E-state index in [1.165, 1.54) is 0 Å². The van der Waals surface area contributed by atoms with Gasteiger partial charge in [-0.1, -0.05) is 25.1 Å². The molecule has 0 aliphatic heterocycles. The minimum absolute atomic E-state index is 0.0686. The normalized spacial score (nSPS) is 11.5. The Bertz CT molecular complexity index is 743. The molecule has 25 heavy (non-hydrogen) atoms. The van der Waals surface area contributed by atoms with E-state index in [0.29, 0.717) is 29.2 Å². The average molecular weight is 340 g/mol. The second kappa shape index (κ2) is 8.87. The highest BCUT2D eigenvalue weighted by Gasteiger charge is 2.15. The predicted octanol–water partition coefficient (Wildman–Crippen LogP) is 3.87. The molecule has 2 N–H and O–H groups in total. The SMILES string of the molecule is CCOc1cccc(C(=O)Nc2ccccc2C(=O)NC(C)CC)c1. The van der Waals surface area contributed by atoms with E-state index in [4.69, 9.17) is 4.74 Å². The van der Waals surface area contributed by atoms with Crippen LogP contribution in [0.25, 0.3) is 0 Å². The van der Waals surface area contributed by atoms with Gasteiger partial charge in [0.15, 0.2) is 0 Å². The lowest BCUT2D eigenvalue weighted by molar-refractivity contribution is 0.0940. The third kappa shape index (κ3) is 5.08. The molecule has 5 nitrogen and oxygen atoms in total. The molecule has 0 aliphatic rings. The molecule has 1 atom stereocenters. The Labute approximate surface area is 148 Å². The topological polar surface area (TPSA) is 67.4 Å². The van der Waals surface area contributed by atoms with Crippen molar-refractivity contribution in [3.8, 4) is 5.75 Å². The Balaban J connectivity index is 2.18. The minimum Gasteiger partial charge on any atom is -0.494 e. The van der Waals surface area contributed by atoms with Crippen LogP contribution in [0.15, 0.2) is 48.5 Å². The summed E-state index contributed by atoms with van der Waals surface area (Å²) in [6, 6.07) is 14.0. The molecule has 0 aliphatic carbocycles. The van der Waals surface area contributed by atoms with Gasteiger partial charge in [-0.2, -0.15) is 0 Å². The minimum atomic E-state index is -0.287. The van der Waals surface area contributed by atoms with Crippen molar-refractivity contribution in [1.29, 1.82) is 0 Å². The van der Waals surface area contributed by atoms with Crippen molar-refractivity contribution in [2.75, 3.05) is 11.9 Å². The molecular weight excluding hydrogens is 316 g/mol. The number of carbonyl (C=O) groups excluding carboxylic acids is 2. The van der Waals surface area contributed by atoms with Gasteiger partial charge >= 0.3 is 0 Å². The third-order valence-electron chi connectivity index (χ3n) is 3.82. The highest BCUT2D eigenvalue weighted by molar-refractivity contribution is 6.09. The zero-order chi connectivity index (χ0) is 18.2. The van der Waals surface area contributed by atoms with Crippen LogP contribution in [-0.2, 0) is 0 Å². The Hall–Kier alpha value is -2.82. The van der Waals surface area contributed by atoms with E-state index in [1.807, 2.05) is 20.8 Å². The second-order valence-electron chi connectivity index (χ2n) is 5.74. The summed E-state index contributed by atoms with van der Waals surface area (Å²) in [7, 11) is 0. The van der Waals surface area contributed by atoms with Crippen molar-refractivity contribution in [2.45, 2.75) is 33.2 Å². The molecule has 0 aromatic heterocycles. The van der Waals surface area contributed by atoms with Crippen LogP contribution in [0.2, 0.25) is 0 Å². The lowest BCUT2D eigenvalue weighted by Crippen LogP contribution is -2.32. The number of rotatable bonds is 7. The molecule has 2 amide bonds. The van der Waals surface area contributed by atoms with Gasteiger partial charge in [-0.05, 0) is 50.6 Å². The summed E-state index contributed by atoms with van der Waals surface area (Å²) in [5.41, 5.74) is 1.40. The summed E-state index contributed by atoms with van der Waals surface area (Å²) in [5.74, 6) is 0.150. The fraction of sp³-hybridized carbons (Fsp3) is 0.300. The lowest BCUT2D eigenvalue weighted by atomic mass is 10.1. The first-order valence-corrected chi connectivity index (χ1v) is 8.49. The van der Waals surface area contributed by atoms with Crippen molar-refractivity contribution < 1.29 is 14.3 Å². The molecule has 0 saturated heterocycles. The standard InChI is InChI=1S/C20H24N2O3/c1-4-14(3)21-20(24)17-11-6-7-12-18(17)22-19(23)15-9-8-10-16(13-15)25-5-2/h6-14H,4-5H2,1-3H3,(H,21,24)(H,22,23). The van der Waals surface area contributed by atoms with Crippen molar-refractivity contribution in [1.82, 2.24) is 5.32 Å². The van der Waals surface area contributed by atoms with Gasteiger partial charge in [0, 0.05) is 11.6 Å². The Morgan fingerprint density at radius 2 is 1.80 bits per heavy atom. The summed E-state index contributed by atoms with van der Waals surface area (Å²) >= 11 is 0. The molecule has 2 aromatic carbocycles. The van der Waals surface area contributed by atoms with Gasteiger partial charge < -0.3 is 15.4 Å². The van der Waals surface area contributed by atoms with E-state index in [-0.39, 0.29) is 17.9 Å². The fourth-order valence-electron chi connectivity index (χ4n) is 2.28. The molecule has 0 radical (unpaired) electrons. The number of nitrogens with one attached hydrogen (secondary N) is 2. The lowest BCUT2D eigenvalue weighted by Gasteiger charge is -2.15. The molecule has 0 saturated carbocycles. The van der Waals surface area contributed by atoms with Gasteiger partial charge in [0.25, 0.3) is 11.8 Å². The number of hydrogen-bond acceptors (Lipinski definition) is 3. The number of amides is 2. The van der Waals surface area contributed by atoms with Crippen LogP contribution in [-0.4, -0.2) is 24.5 Å². The van der Waals surface area contributed by atoms with Crippen LogP contribution in [0, 0.1) is 0 Å². The van der Waals surface area contributed by atoms with Gasteiger partial charge in [-0.25, -0.2) is 0 Å². The first-order valence-electron chi connectivity index (χ1n) is 8.49. The average Bonchev–Trinajstić information content (AvgIpc) is 2.62. The van der Waals surface area contributed by atoms with E-state index in [2.05, 4.69) is 10.6 Å². The Morgan fingerprint density at radius 1 is 1.04 bits per heavy atom. The largest absolute Gasteiger partial charge is 0.494 e. The maximum atomic E-state index is 12.5. The first kappa shape index (κ1) is 18.5. The number of anilines is 1. The van der Waals surface area contributed by atoms with Crippen molar-refractivity contribution in [3.63, 3.8) is 0 Å². The third-order valence-corrected chi connectivity index (χ3v) is 3.82. The number of para-hydroxylation sites is 1. The van der Waals surface area contributed by atoms with Crippen LogP contribution < -0.4 is 15.4 Å². The van der Waals surface area contributed by atoms with Crippen LogP contribution >= 0.6 is 0 Å². The monoisotopic (exact) mass is 340 g/mol.